The van der Waals surface area contributed by atoms with Crippen molar-refractivity contribution >= 4 is 23.7 Å². The van der Waals surface area contributed by atoms with Crippen LogP contribution in [0.3, 0.4) is 0 Å². The number of ether oxygens (including phenoxy) is 1. The maximum absolute atomic E-state index is 12.4. The predicted molar refractivity (Wildman–Crippen MR) is 74.4 cm³/mol. The molecule has 3 unspecified atom stereocenters. The van der Waals surface area contributed by atoms with Crippen molar-refractivity contribution in [2.75, 3.05) is 5.32 Å². The van der Waals surface area contributed by atoms with Crippen LogP contribution in [0.5, 0.6) is 0 Å². The Morgan fingerprint density at radius 2 is 2.09 bits per heavy atom. The lowest BCUT2D eigenvalue weighted by Gasteiger charge is -2.34. The largest absolute Gasteiger partial charge is 0.550 e. The van der Waals surface area contributed by atoms with Crippen LogP contribution >= 0.6 is 0 Å². The lowest BCUT2D eigenvalue weighted by Crippen LogP contribution is -2.51. The fraction of sp³-hybridized carbons (Fsp3) is 0.400. The van der Waals surface area contributed by atoms with Crippen LogP contribution < -0.4 is 10.4 Å². The van der Waals surface area contributed by atoms with Gasteiger partial charge in [-0.2, -0.15) is 5.06 Å². The molecule has 0 aromatic heterocycles. The number of fused-ring (bicyclic) bond motifs is 2. The zero-order chi connectivity index (χ0) is 16.6. The minimum Gasteiger partial charge on any atom is -0.550 e. The Labute approximate surface area is 131 Å². The van der Waals surface area contributed by atoms with Gasteiger partial charge >= 0.3 is 12.0 Å². The minimum absolute atomic E-state index is 0.0519. The van der Waals surface area contributed by atoms with Gasteiger partial charge in [-0.1, -0.05) is 25.1 Å². The van der Waals surface area contributed by atoms with Crippen molar-refractivity contribution in [3.8, 4) is 0 Å². The van der Waals surface area contributed by atoms with Gasteiger partial charge in [0.2, 0.25) is 5.79 Å². The number of urea groups is 1. The average molecular weight is 319 g/mol. The Bertz CT molecular complexity index is 649. The van der Waals surface area contributed by atoms with E-state index in [1.165, 1.54) is 6.92 Å². The van der Waals surface area contributed by atoms with Gasteiger partial charge < -0.3 is 20.0 Å². The maximum atomic E-state index is 12.4. The fourth-order valence-electron chi connectivity index (χ4n) is 2.76. The molecule has 8 nitrogen and oxygen atoms in total. The highest BCUT2D eigenvalue weighted by Gasteiger charge is 2.58. The average Bonchev–Trinajstić information content (AvgIpc) is 2.79. The molecule has 2 fully saturated rings. The summed E-state index contributed by atoms with van der Waals surface area (Å²) in [4.78, 5) is 40.7. The summed E-state index contributed by atoms with van der Waals surface area (Å²) >= 11 is 0. The van der Waals surface area contributed by atoms with E-state index in [2.05, 4.69) is 5.32 Å². The number of carboxylic acid groups (broad SMARTS) is 1. The SMILES string of the molecule is CC(C(=O)[O-])C12CC(CC(=O)O1)N(C(=O)Nc1ccccc1)O2. The first kappa shape index (κ1) is 15.3. The topological polar surface area (TPSA) is 108 Å². The molecule has 23 heavy (non-hydrogen) atoms. The normalized spacial score (nSPS) is 27.3. The quantitative estimate of drug-likeness (QED) is 0.800. The first-order chi connectivity index (χ1) is 10.9. The lowest BCUT2D eigenvalue weighted by molar-refractivity contribution is -0.338. The number of benzene rings is 1. The van der Waals surface area contributed by atoms with Gasteiger partial charge in [0.1, 0.15) is 0 Å². The summed E-state index contributed by atoms with van der Waals surface area (Å²) in [5, 5.41) is 14.8. The van der Waals surface area contributed by atoms with Gasteiger partial charge in [0, 0.05) is 12.1 Å². The van der Waals surface area contributed by atoms with Crippen LogP contribution in [0.2, 0.25) is 0 Å². The standard InChI is InChI=1S/C15H16N2O6/c1-9(13(19)20)15-8-11(7-12(18)22-15)17(23-15)14(21)16-10-5-3-2-4-6-10/h2-6,9,11H,7-8H2,1H3,(H,16,21)(H,19,20)/p-1. The van der Waals surface area contributed by atoms with E-state index in [0.717, 1.165) is 5.06 Å². The Morgan fingerprint density at radius 3 is 2.74 bits per heavy atom. The number of para-hydroxylation sites is 1. The molecule has 2 heterocycles. The number of nitrogens with one attached hydrogen (secondary N) is 1. The van der Waals surface area contributed by atoms with Crippen molar-refractivity contribution in [2.45, 2.75) is 31.6 Å². The van der Waals surface area contributed by atoms with Crippen LogP contribution in [0.4, 0.5) is 10.5 Å². The number of esters is 1. The lowest BCUT2D eigenvalue weighted by atomic mass is 9.91. The molecule has 2 saturated heterocycles. The summed E-state index contributed by atoms with van der Waals surface area (Å²) in [6, 6.07) is 7.53. The smallest absolute Gasteiger partial charge is 0.346 e. The highest BCUT2D eigenvalue weighted by molar-refractivity contribution is 5.89. The molecule has 2 bridgehead atoms. The predicted octanol–water partition coefficient (Wildman–Crippen LogP) is 0.254. The number of carboxylic acids is 1. The Morgan fingerprint density at radius 1 is 1.39 bits per heavy atom. The molecular weight excluding hydrogens is 304 g/mol. The number of hydrogen-bond donors (Lipinski definition) is 1. The molecule has 1 N–H and O–H groups in total. The van der Waals surface area contributed by atoms with E-state index < -0.39 is 35.7 Å². The van der Waals surface area contributed by atoms with Crippen molar-refractivity contribution in [1.82, 2.24) is 5.06 Å². The van der Waals surface area contributed by atoms with Gasteiger partial charge in [0.05, 0.1) is 24.3 Å². The van der Waals surface area contributed by atoms with E-state index in [4.69, 9.17) is 9.57 Å². The molecule has 0 spiro atoms. The number of aliphatic carboxylic acids is 1. The maximum Gasteiger partial charge on any atom is 0.346 e. The van der Waals surface area contributed by atoms with Gasteiger partial charge in [-0.15, -0.1) is 0 Å². The molecule has 2 aliphatic rings. The minimum atomic E-state index is -1.70. The van der Waals surface area contributed by atoms with Gasteiger partial charge in [0.25, 0.3) is 0 Å². The van der Waals surface area contributed by atoms with Crippen molar-refractivity contribution in [3.05, 3.63) is 30.3 Å². The molecule has 1 aromatic carbocycles. The second-order valence-corrected chi connectivity index (χ2v) is 5.60. The van der Waals surface area contributed by atoms with Gasteiger partial charge in [-0.05, 0) is 12.1 Å². The summed E-state index contributed by atoms with van der Waals surface area (Å²) in [5.41, 5.74) is 0.553. The number of rotatable bonds is 3. The van der Waals surface area contributed by atoms with Gasteiger partial charge in [0.15, 0.2) is 0 Å². The van der Waals surface area contributed by atoms with Crippen LogP contribution in [0, 0.1) is 5.92 Å². The monoisotopic (exact) mass is 319 g/mol. The third-order valence-corrected chi connectivity index (χ3v) is 4.03. The van der Waals surface area contributed by atoms with Crippen LogP contribution in [0.25, 0.3) is 0 Å². The van der Waals surface area contributed by atoms with E-state index in [-0.39, 0.29) is 12.8 Å². The van der Waals surface area contributed by atoms with E-state index in [9.17, 15) is 19.5 Å². The number of amides is 2. The number of carbonyl (C=O) groups excluding carboxylic acids is 3. The molecule has 122 valence electrons. The van der Waals surface area contributed by atoms with Crippen molar-refractivity contribution in [2.24, 2.45) is 5.92 Å². The van der Waals surface area contributed by atoms with E-state index in [0.29, 0.717) is 5.69 Å². The molecule has 1 aromatic rings. The van der Waals surface area contributed by atoms with Gasteiger partial charge in [-0.25, -0.2) is 9.63 Å². The van der Waals surface area contributed by atoms with Crippen LogP contribution in [-0.4, -0.2) is 34.9 Å². The molecule has 3 atom stereocenters. The molecule has 0 saturated carbocycles. The van der Waals surface area contributed by atoms with E-state index in [1.54, 1.807) is 30.3 Å². The third kappa shape index (κ3) is 2.72. The third-order valence-electron chi connectivity index (χ3n) is 4.03. The Balaban J connectivity index is 1.80. The first-order valence-electron chi connectivity index (χ1n) is 7.18. The molecule has 3 rings (SSSR count). The summed E-state index contributed by atoms with van der Waals surface area (Å²) in [6.45, 7) is 1.32. The number of hydrogen-bond acceptors (Lipinski definition) is 6. The van der Waals surface area contributed by atoms with Crippen LogP contribution in [-0.2, 0) is 19.2 Å². The molecule has 2 amide bonds. The Hall–Kier alpha value is -2.61. The van der Waals surface area contributed by atoms with Crippen molar-refractivity contribution in [3.63, 3.8) is 0 Å². The summed E-state index contributed by atoms with van der Waals surface area (Å²) in [7, 11) is 0. The number of anilines is 1. The highest BCUT2D eigenvalue weighted by Crippen LogP contribution is 2.43. The Kier molecular flexibility index (Phi) is 3.69. The number of nitrogens with zero attached hydrogens (tertiary/aromatic N) is 1. The second kappa shape index (κ2) is 5.54. The highest BCUT2D eigenvalue weighted by atomic mass is 16.8. The van der Waals surface area contributed by atoms with Crippen LogP contribution in [0.15, 0.2) is 30.3 Å². The van der Waals surface area contributed by atoms with Crippen LogP contribution in [0.1, 0.15) is 19.8 Å². The fourth-order valence-corrected chi connectivity index (χ4v) is 2.76. The number of carbonyl (C=O) groups is 3. The summed E-state index contributed by atoms with van der Waals surface area (Å²) in [6.07, 6.45) is 0.0415. The summed E-state index contributed by atoms with van der Waals surface area (Å²) in [5.74, 6) is -4.93. The molecule has 2 aliphatic heterocycles. The van der Waals surface area contributed by atoms with Crippen molar-refractivity contribution < 1.29 is 29.1 Å². The second-order valence-electron chi connectivity index (χ2n) is 5.60. The molecule has 8 heteroatoms. The van der Waals surface area contributed by atoms with E-state index in [1.807, 2.05) is 0 Å². The van der Waals surface area contributed by atoms with Crippen molar-refractivity contribution in [1.29, 1.82) is 0 Å². The van der Waals surface area contributed by atoms with Gasteiger partial charge in [-0.3, -0.25) is 4.79 Å². The summed E-state index contributed by atoms with van der Waals surface area (Å²) < 4.78 is 5.11. The zero-order valence-electron chi connectivity index (χ0n) is 12.4. The first-order valence-corrected chi connectivity index (χ1v) is 7.18. The molecule has 0 aliphatic carbocycles. The zero-order valence-corrected chi connectivity index (χ0v) is 12.4. The molecule has 0 radical (unpaired) electrons. The number of hydroxylamine groups is 2. The van der Waals surface area contributed by atoms with E-state index >= 15 is 0 Å². The molecular formula is C15H15N2O6-.